The zero-order valence-electron chi connectivity index (χ0n) is 12.8. The lowest BCUT2D eigenvalue weighted by Gasteiger charge is -2.21. The Morgan fingerprint density at radius 2 is 1.55 bits per heavy atom. The van der Waals surface area contributed by atoms with Crippen molar-refractivity contribution in [3.05, 3.63) is 56.9 Å². The average molecular weight is 323 g/mol. The summed E-state index contributed by atoms with van der Waals surface area (Å²) in [6.07, 6.45) is 0. The van der Waals surface area contributed by atoms with E-state index in [9.17, 15) is 18.0 Å². The molecule has 0 saturated heterocycles. The average Bonchev–Trinajstić information content (AvgIpc) is 2.51. The Morgan fingerprint density at radius 1 is 1.00 bits per heavy atom. The van der Waals surface area contributed by atoms with Crippen LogP contribution in [-0.2, 0) is 24.1 Å². The summed E-state index contributed by atoms with van der Waals surface area (Å²) < 4.78 is 28.5. The molecular weight excluding hydrogens is 306 g/mol. The van der Waals surface area contributed by atoms with Crippen molar-refractivity contribution in [2.45, 2.75) is 11.8 Å². The highest BCUT2D eigenvalue weighted by Gasteiger charge is 2.29. The maximum Gasteiger partial charge on any atom is 0.330 e. The van der Waals surface area contributed by atoms with Gasteiger partial charge in [0.05, 0.1) is 5.69 Å². The Hall–Kier alpha value is -2.35. The van der Waals surface area contributed by atoms with Crippen LogP contribution in [0.1, 0.15) is 5.69 Å². The fraction of sp³-hybridized carbons (Fsp3) is 0.286. The van der Waals surface area contributed by atoms with Crippen molar-refractivity contribution in [2.75, 3.05) is 11.4 Å². The molecule has 0 fully saturated rings. The fourth-order valence-corrected chi connectivity index (χ4v) is 3.67. The molecule has 0 unspecified atom stereocenters. The van der Waals surface area contributed by atoms with Gasteiger partial charge in [0.2, 0.25) is 0 Å². The van der Waals surface area contributed by atoms with E-state index in [1.54, 1.807) is 30.3 Å². The van der Waals surface area contributed by atoms with E-state index in [4.69, 9.17) is 0 Å². The van der Waals surface area contributed by atoms with E-state index in [1.165, 1.54) is 28.1 Å². The molecule has 0 atom stereocenters. The third-order valence-corrected chi connectivity index (χ3v) is 5.56. The third-order valence-electron chi connectivity index (χ3n) is 3.64. The van der Waals surface area contributed by atoms with E-state index in [0.717, 1.165) is 13.4 Å². The van der Waals surface area contributed by atoms with Gasteiger partial charge in [-0.15, -0.1) is 0 Å². The van der Waals surface area contributed by atoms with Crippen molar-refractivity contribution in [3.8, 4) is 0 Å². The summed E-state index contributed by atoms with van der Waals surface area (Å²) in [5, 5.41) is 0. The van der Waals surface area contributed by atoms with E-state index < -0.39 is 26.2 Å². The predicted molar refractivity (Wildman–Crippen MR) is 83.7 cm³/mol. The standard InChI is InChI=1S/C14H17N3O4S/c1-10-12(13(18)16(3)14(19)15(10)2)22(20,21)17(4)11-8-6-5-7-9-11/h5-9H,1-4H3. The van der Waals surface area contributed by atoms with Gasteiger partial charge in [0.15, 0.2) is 4.90 Å². The number of hydrogen-bond donors (Lipinski definition) is 0. The molecule has 1 aromatic heterocycles. The lowest BCUT2D eigenvalue weighted by atomic mass is 10.3. The second-order valence-electron chi connectivity index (χ2n) is 4.93. The molecule has 0 bridgehead atoms. The summed E-state index contributed by atoms with van der Waals surface area (Å²) in [5.74, 6) is 0. The number of anilines is 1. The number of aromatic nitrogens is 2. The van der Waals surface area contributed by atoms with E-state index in [0.29, 0.717) is 5.69 Å². The number of para-hydroxylation sites is 1. The van der Waals surface area contributed by atoms with Gasteiger partial charge in [0, 0.05) is 26.8 Å². The summed E-state index contributed by atoms with van der Waals surface area (Å²) in [6, 6.07) is 8.42. The number of hydrogen-bond acceptors (Lipinski definition) is 4. The Balaban J connectivity index is 2.76. The number of sulfonamides is 1. The van der Waals surface area contributed by atoms with E-state index in [-0.39, 0.29) is 5.69 Å². The van der Waals surface area contributed by atoms with E-state index >= 15 is 0 Å². The van der Waals surface area contributed by atoms with E-state index in [1.807, 2.05) is 0 Å². The zero-order valence-corrected chi connectivity index (χ0v) is 13.6. The van der Waals surface area contributed by atoms with Crippen LogP contribution < -0.4 is 15.6 Å². The number of rotatable bonds is 3. The van der Waals surface area contributed by atoms with Gasteiger partial charge in [-0.05, 0) is 19.1 Å². The second kappa shape index (κ2) is 5.45. The minimum absolute atomic E-state index is 0.107. The van der Waals surface area contributed by atoms with E-state index in [2.05, 4.69) is 0 Å². The smallest absolute Gasteiger partial charge is 0.300 e. The van der Waals surface area contributed by atoms with Gasteiger partial charge < -0.3 is 0 Å². The summed E-state index contributed by atoms with van der Waals surface area (Å²) in [7, 11) is -0.0204. The van der Waals surface area contributed by atoms with Crippen LogP contribution in [0.15, 0.2) is 44.8 Å². The SMILES string of the molecule is Cc1c(S(=O)(=O)N(C)c2ccccc2)c(=O)n(C)c(=O)n1C. The molecule has 118 valence electrons. The largest absolute Gasteiger partial charge is 0.330 e. The Kier molecular flexibility index (Phi) is 3.97. The molecule has 0 aliphatic carbocycles. The molecule has 0 amide bonds. The number of nitrogens with zero attached hydrogens (tertiary/aromatic N) is 3. The molecule has 1 aromatic carbocycles. The van der Waals surface area contributed by atoms with Gasteiger partial charge in [-0.2, -0.15) is 0 Å². The molecule has 7 nitrogen and oxygen atoms in total. The Bertz CT molecular complexity index is 927. The lowest BCUT2D eigenvalue weighted by Crippen LogP contribution is -2.43. The first-order valence-electron chi connectivity index (χ1n) is 6.50. The molecule has 2 rings (SSSR count). The minimum Gasteiger partial charge on any atom is -0.300 e. The van der Waals surface area contributed by atoms with Crippen molar-refractivity contribution in [2.24, 2.45) is 14.1 Å². The van der Waals surface area contributed by atoms with Gasteiger partial charge >= 0.3 is 5.69 Å². The maximum atomic E-state index is 12.8. The summed E-state index contributed by atoms with van der Waals surface area (Å²) in [6.45, 7) is 1.44. The van der Waals surface area contributed by atoms with Crippen LogP contribution in [0.4, 0.5) is 5.69 Å². The van der Waals surface area contributed by atoms with Crippen LogP contribution >= 0.6 is 0 Å². The van der Waals surface area contributed by atoms with Crippen molar-refractivity contribution in [3.63, 3.8) is 0 Å². The minimum atomic E-state index is -4.07. The molecule has 0 aliphatic rings. The van der Waals surface area contributed by atoms with Crippen LogP contribution in [0, 0.1) is 6.92 Å². The van der Waals surface area contributed by atoms with Crippen LogP contribution in [0.5, 0.6) is 0 Å². The quantitative estimate of drug-likeness (QED) is 0.809. The molecule has 0 aliphatic heterocycles. The molecule has 22 heavy (non-hydrogen) atoms. The molecule has 1 heterocycles. The zero-order chi connectivity index (χ0) is 16.7. The van der Waals surface area contributed by atoms with Crippen LogP contribution in [0.25, 0.3) is 0 Å². The number of benzene rings is 1. The lowest BCUT2D eigenvalue weighted by molar-refractivity contribution is 0.577. The molecule has 8 heteroatoms. The van der Waals surface area contributed by atoms with Gasteiger partial charge in [0.25, 0.3) is 15.6 Å². The highest BCUT2D eigenvalue weighted by Crippen LogP contribution is 2.20. The fourth-order valence-electron chi connectivity index (χ4n) is 2.13. The van der Waals surface area contributed by atoms with Crippen molar-refractivity contribution in [1.29, 1.82) is 0 Å². The maximum absolute atomic E-state index is 12.8. The van der Waals surface area contributed by atoms with Gasteiger partial charge in [-0.3, -0.25) is 18.2 Å². The van der Waals surface area contributed by atoms with Crippen LogP contribution in [0.3, 0.4) is 0 Å². The molecular formula is C14H17N3O4S. The Morgan fingerprint density at radius 3 is 2.09 bits per heavy atom. The van der Waals surface area contributed by atoms with Crippen molar-refractivity contribution < 1.29 is 8.42 Å². The first-order valence-corrected chi connectivity index (χ1v) is 7.94. The highest BCUT2D eigenvalue weighted by molar-refractivity contribution is 7.92. The summed E-state index contributed by atoms with van der Waals surface area (Å²) in [5.41, 5.74) is -0.860. The second-order valence-corrected chi connectivity index (χ2v) is 6.83. The first-order chi connectivity index (χ1) is 10.2. The normalized spacial score (nSPS) is 11.5. The Labute approximate surface area is 128 Å². The molecule has 0 radical (unpaired) electrons. The third kappa shape index (κ3) is 2.35. The monoisotopic (exact) mass is 323 g/mol. The van der Waals surface area contributed by atoms with Crippen LogP contribution in [-0.4, -0.2) is 24.6 Å². The molecule has 0 N–H and O–H groups in total. The van der Waals surface area contributed by atoms with Crippen molar-refractivity contribution in [1.82, 2.24) is 9.13 Å². The summed E-state index contributed by atoms with van der Waals surface area (Å²) >= 11 is 0. The highest BCUT2D eigenvalue weighted by atomic mass is 32.2. The first kappa shape index (κ1) is 16.0. The molecule has 0 saturated carbocycles. The topological polar surface area (TPSA) is 81.4 Å². The molecule has 2 aromatic rings. The van der Waals surface area contributed by atoms with Gasteiger partial charge in [-0.1, -0.05) is 18.2 Å². The van der Waals surface area contributed by atoms with Crippen LogP contribution in [0.2, 0.25) is 0 Å². The molecule has 0 spiro atoms. The van der Waals surface area contributed by atoms with Gasteiger partial charge in [-0.25, -0.2) is 13.2 Å². The summed E-state index contributed by atoms with van der Waals surface area (Å²) in [4.78, 5) is 23.7. The van der Waals surface area contributed by atoms with Crippen molar-refractivity contribution >= 4 is 15.7 Å². The predicted octanol–water partition coefficient (Wildman–Crippen LogP) is 0.218. The van der Waals surface area contributed by atoms with Gasteiger partial charge in [0.1, 0.15) is 0 Å².